The third-order valence-corrected chi connectivity index (χ3v) is 6.99. The lowest BCUT2D eigenvalue weighted by atomic mass is 10.0. The SMILES string of the molecule is COc1cncc(-c2ccc3c(c2)C(=O)N[C@@H](C(C)C)C(=O)N[C@H](C)C(=O)N2C[C@@H](O)C[C@H]2C(=O)NCCO3)c1. The van der Waals surface area contributed by atoms with Crippen LogP contribution in [0.25, 0.3) is 11.1 Å². The van der Waals surface area contributed by atoms with E-state index in [1.54, 1.807) is 50.5 Å². The molecule has 2 aliphatic heterocycles. The zero-order valence-corrected chi connectivity index (χ0v) is 23.0. The van der Waals surface area contributed by atoms with Crippen molar-refractivity contribution >= 4 is 23.6 Å². The van der Waals surface area contributed by atoms with Crippen molar-refractivity contribution in [1.82, 2.24) is 25.8 Å². The molecule has 1 saturated heterocycles. The summed E-state index contributed by atoms with van der Waals surface area (Å²) < 4.78 is 11.2. The molecule has 0 unspecified atom stereocenters. The maximum atomic E-state index is 13.6. The van der Waals surface area contributed by atoms with Crippen LogP contribution in [-0.4, -0.2) is 89.7 Å². The summed E-state index contributed by atoms with van der Waals surface area (Å²) in [5.74, 6) is -1.51. The van der Waals surface area contributed by atoms with Crippen LogP contribution in [0.3, 0.4) is 0 Å². The van der Waals surface area contributed by atoms with Gasteiger partial charge < -0.3 is 35.4 Å². The van der Waals surface area contributed by atoms with Crippen molar-refractivity contribution in [2.24, 2.45) is 5.92 Å². The van der Waals surface area contributed by atoms with Crippen molar-refractivity contribution in [3.8, 4) is 22.6 Å². The van der Waals surface area contributed by atoms with Crippen LogP contribution in [0.2, 0.25) is 0 Å². The topological polar surface area (TPSA) is 159 Å². The van der Waals surface area contributed by atoms with Crippen molar-refractivity contribution in [1.29, 1.82) is 0 Å². The molecule has 0 aliphatic carbocycles. The van der Waals surface area contributed by atoms with Crippen LogP contribution < -0.4 is 25.4 Å². The molecule has 214 valence electrons. The predicted octanol–water partition coefficient (Wildman–Crippen LogP) is 0.487. The number of fused-ring (bicyclic) bond motifs is 2. The summed E-state index contributed by atoms with van der Waals surface area (Å²) in [6, 6.07) is 4.02. The number of pyridine rings is 1. The first-order valence-corrected chi connectivity index (χ1v) is 13.2. The lowest BCUT2D eigenvalue weighted by Gasteiger charge is -2.29. The predicted molar refractivity (Wildman–Crippen MR) is 145 cm³/mol. The van der Waals surface area contributed by atoms with Crippen molar-refractivity contribution in [3.63, 3.8) is 0 Å². The Hall–Kier alpha value is -4.19. The highest BCUT2D eigenvalue weighted by Gasteiger charge is 2.41. The Kier molecular flexibility index (Phi) is 8.88. The maximum Gasteiger partial charge on any atom is 0.255 e. The average Bonchev–Trinajstić information content (AvgIpc) is 3.34. The zero-order chi connectivity index (χ0) is 29.0. The second kappa shape index (κ2) is 12.3. The third-order valence-electron chi connectivity index (χ3n) is 6.99. The average molecular weight is 554 g/mol. The minimum atomic E-state index is -0.984. The second-order valence-corrected chi connectivity index (χ2v) is 10.3. The number of aromatic nitrogens is 1. The molecule has 0 saturated carbocycles. The zero-order valence-electron chi connectivity index (χ0n) is 23.0. The molecule has 1 aromatic heterocycles. The molecule has 4 atom stereocenters. The normalized spacial score (nSPS) is 24.4. The first-order chi connectivity index (χ1) is 19.1. The molecule has 12 heteroatoms. The fourth-order valence-electron chi connectivity index (χ4n) is 4.83. The van der Waals surface area contributed by atoms with Crippen LogP contribution in [0.4, 0.5) is 0 Å². The Labute approximate surface area is 232 Å². The molecular weight excluding hydrogens is 518 g/mol. The molecular formula is C28H35N5O7. The number of ether oxygens (including phenoxy) is 2. The third kappa shape index (κ3) is 6.33. The number of aliphatic hydroxyl groups excluding tert-OH is 1. The molecule has 3 heterocycles. The van der Waals surface area contributed by atoms with E-state index >= 15 is 0 Å². The van der Waals surface area contributed by atoms with Crippen LogP contribution in [-0.2, 0) is 14.4 Å². The second-order valence-electron chi connectivity index (χ2n) is 10.3. The number of methoxy groups -OCH3 is 1. The van der Waals surface area contributed by atoms with Gasteiger partial charge in [-0.3, -0.25) is 24.2 Å². The summed E-state index contributed by atoms with van der Waals surface area (Å²) in [4.78, 5) is 58.4. The Balaban J connectivity index is 1.69. The van der Waals surface area contributed by atoms with E-state index in [1.807, 2.05) is 0 Å². The molecule has 4 rings (SSSR count). The molecule has 1 fully saturated rings. The summed E-state index contributed by atoms with van der Waals surface area (Å²) >= 11 is 0. The van der Waals surface area contributed by atoms with Crippen molar-refractivity contribution in [2.45, 2.75) is 51.4 Å². The van der Waals surface area contributed by atoms with Crippen LogP contribution in [0.15, 0.2) is 36.7 Å². The van der Waals surface area contributed by atoms with E-state index in [1.165, 1.54) is 18.9 Å². The first kappa shape index (κ1) is 28.8. The lowest BCUT2D eigenvalue weighted by molar-refractivity contribution is -0.141. The van der Waals surface area contributed by atoms with Gasteiger partial charge in [0.1, 0.15) is 36.2 Å². The van der Waals surface area contributed by atoms with E-state index in [2.05, 4.69) is 20.9 Å². The van der Waals surface area contributed by atoms with Gasteiger partial charge in [-0.2, -0.15) is 0 Å². The molecule has 1 aromatic carbocycles. The Bertz CT molecular complexity index is 1280. The number of amides is 4. The van der Waals surface area contributed by atoms with E-state index in [0.717, 1.165) is 0 Å². The standard InChI is InChI=1S/C28H35N5O7/c1-15(2)24-27(37)31-16(3)28(38)33-14-19(34)11-22(33)26(36)30-7-8-40-23-6-5-17(10-21(23)25(35)32-24)18-9-20(39-4)13-29-12-18/h5-6,9-10,12-13,15-16,19,22,24,34H,7-8,11,14H2,1-4H3,(H,30,36)(H,31,37)(H,32,35)/t16-,19+,22+,24+/m1/s1. The summed E-state index contributed by atoms with van der Waals surface area (Å²) in [6.07, 6.45) is 2.44. The smallest absolute Gasteiger partial charge is 0.255 e. The minimum Gasteiger partial charge on any atom is -0.495 e. The van der Waals surface area contributed by atoms with Crippen LogP contribution in [0.1, 0.15) is 37.6 Å². The number of hydrogen-bond acceptors (Lipinski definition) is 8. The number of carbonyl (C=O) groups is 4. The van der Waals surface area contributed by atoms with Gasteiger partial charge in [0.2, 0.25) is 17.7 Å². The van der Waals surface area contributed by atoms with Gasteiger partial charge in [0.15, 0.2) is 0 Å². The number of rotatable bonds is 3. The molecule has 12 nitrogen and oxygen atoms in total. The summed E-state index contributed by atoms with van der Waals surface area (Å²) in [6.45, 7) is 5.21. The Morgan fingerprint density at radius 3 is 2.58 bits per heavy atom. The van der Waals surface area contributed by atoms with E-state index in [9.17, 15) is 24.3 Å². The monoisotopic (exact) mass is 553 g/mol. The van der Waals surface area contributed by atoms with Gasteiger partial charge in [0.25, 0.3) is 5.91 Å². The number of aliphatic hydroxyl groups is 1. The summed E-state index contributed by atoms with van der Waals surface area (Å²) in [5, 5.41) is 18.4. The Morgan fingerprint density at radius 1 is 1.07 bits per heavy atom. The highest BCUT2D eigenvalue weighted by atomic mass is 16.5. The largest absolute Gasteiger partial charge is 0.495 e. The molecule has 40 heavy (non-hydrogen) atoms. The highest BCUT2D eigenvalue weighted by molar-refractivity contribution is 6.01. The van der Waals surface area contributed by atoms with E-state index < -0.39 is 47.9 Å². The molecule has 0 radical (unpaired) electrons. The number of carbonyl (C=O) groups excluding carboxylic acids is 4. The molecule has 4 amide bonds. The molecule has 2 aliphatic rings. The lowest BCUT2D eigenvalue weighted by Crippen LogP contribution is -2.57. The summed E-state index contributed by atoms with van der Waals surface area (Å²) in [7, 11) is 1.53. The summed E-state index contributed by atoms with van der Waals surface area (Å²) in [5.41, 5.74) is 1.57. The van der Waals surface area contributed by atoms with Gasteiger partial charge in [-0.15, -0.1) is 0 Å². The van der Waals surface area contributed by atoms with Crippen molar-refractivity contribution < 1.29 is 33.8 Å². The van der Waals surface area contributed by atoms with Gasteiger partial charge in [-0.25, -0.2) is 0 Å². The molecule has 2 aromatic rings. The Morgan fingerprint density at radius 2 is 1.85 bits per heavy atom. The molecule has 0 spiro atoms. The van der Waals surface area contributed by atoms with E-state index in [-0.39, 0.29) is 43.3 Å². The van der Waals surface area contributed by atoms with Gasteiger partial charge >= 0.3 is 0 Å². The number of nitrogens with zero attached hydrogens (tertiary/aromatic N) is 2. The quantitative estimate of drug-likeness (QED) is 0.427. The first-order valence-electron chi connectivity index (χ1n) is 13.2. The maximum absolute atomic E-state index is 13.6. The van der Waals surface area contributed by atoms with Crippen molar-refractivity contribution in [3.05, 3.63) is 42.2 Å². The van der Waals surface area contributed by atoms with Crippen LogP contribution >= 0.6 is 0 Å². The fourth-order valence-corrected chi connectivity index (χ4v) is 4.83. The van der Waals surface area contributed by atoms with Gasteiger partial charge in [-0.05, 0) is 36.6 Å². The van der Waals surface area contributed by atoms with Gasteiger partial charge in [-0.1, -0.05) is 19.9 Å². The molecule has 4 N–H and O–H groups in total. The van der Waals surface area contributed by atoms with E-state index in [0.29, 0.717) is 16.9 Å². The highest BCUT2D eigenvalue weighted by Crippen LogP contribution is 2.29. The van der Waals surface area contributed by atoms with E-state index in [4.69, 9.17) is 9.47 Å². The number of nitrogens with one attached hydrogen (secondary N) is 3. The van der Waals surface area contributed by atoms with Gasteiger partial charge in [0.05, 0.1) is 31.5 Å². The van der Waals surface area contributed by atoms with Crippen LogP contribution in [0.5, 0.6) is 11.5 Å². The minimum absolute atomic E-state index is 0.0174. The van der Waals surface area contributed by atoms with Crippen LogP contribution in [0, 0.1) is 5.92 Å². The molecule has 0 bridgehead atoms. The van der Waals surface area contributed by atoms with Crippen molar-refractivity contribution in [2.75, 3.05) is 26.8 Å². The number of benzene rings is 1. The number of hydrogen-bond donors (Lipinski definition) is 4. The fraction of sp³-hybridized carbons (Fsp3) is 0.464. The van der Waals surface area contributed by atoms with Gasteiger partial charge in [0, 0.05) is 24.7 Å².